The van der Waals surface area contributed by atoms with Gasteiger partial charge in [-0.25, -0.2) is 0 Å². The van der Waals surface area contributed by atoms with Crippen LogP contribution in [0, 0.1) is 0 Å². The normalized spacial score (nSPS) is 11.7. The van der Waals surface area contributed by atoms with Crippen molar-refractivity contribution in [3.63, 3.8) is 0 Å². The highest BCUT2D eigenvalue weighted by atomic mass is 16.3. The summed E-state index contributed by atoms with van der Waals surface area (Å²) in [6.07, 6.45) is 0. The molecule has 0 bridgehead atoms. The van der Waals surface area contributed by atoms with Crippen molar-refractivity contribution in [1.82, 2.24) is 0 Å². The molecule has 280 valence electrons. The molecule has 0 N–H and O–H groups in total. The summed E-state index contributed by atoms with van der Waals surface area (Å²) in [4.78, 5) is 2.40. The summed E-state index contributed by atoms with van der Waals surface area (Å²) in [7, 11) is 0. The zero-order valence-corrected chi connectivity index (χ0v) is 32.7. The summed E-state index contributed by atoms with van der Waals surface area (Å²) in [5.41, 5.74) is 12.1. The highest BCUT2D eigenvalue weighted by Crippen LogP contribution is 2.46. The zero-order valence-electron chi connectivity index (χ0n) is 32.7. The number of nitrogens with zero attached hydrogens (tertiary/aromatic N) is 1. The number of benzene rings is 11. The lowest BCUT2D eigenvalue weighted by Gasteiger charge is -2.28. The molecule has 0 amide bonds. The minimum absolute atomic E-state index is 0.881. The second-order valence-corrected chi connectivity index (χ2v) is 15.7. The predicted octanol–water partition coefficient (Wildman–Crippen LogP) is 16.7. The molecule has 2 nitrogen and oxygen atoms in total. The van der Waals surface area contributed by atoms with Crippen molar-refractivity contribution in [3.8, 4) is 33.4 Å². The van der Waals surface area contributed by atoms with Crippen LogP contribution < -0.4 is 4.90 Å². The van der Waals surface area contributed by atoms with E-state index in [1.165, 1.54) is 65.3 Å². The summed E-state index contributed by atoms with van der Waals surface area (Å²) in [6, 6.07) is 81.3. The van der Waals surface area contributed by atoms with E-state index < -0.39 is 0 Å². The Bertz CT molecular complexity index is 3590. The van der Waals surface area contributed by atoms with E-state index in [1.807, 2.05) is 0 Å². The largest absolute Gasteiger partial charge is 0.456 e. The maximum atomic E-state index is 6.57. The van der Waals surface area contributed by atoms with E-state index in [0.29, 0.717) is 0 Å². The molecule has 0 fully saturated rings. The van der Waals surface area contributed by atoms with Gasteiger partial charge in [-0.05, 0) is 126 Å². The molecular formula is C58H37NO. The van der Waals surface area contributed by atoms with E-state index in [9.17, 15) is 0 Å². The summed E-state index contributed by atoms with van der Waals surface area (Å²) in [6.45, 7) is 0. The maximum absolute atomic E-state index is 6.57. The Morgan fingerprint density at radius 1 is 0.283 bits per heavy atom. The first kappa shape index (κ1) is 34.1. The summed E-state index contributed by atoms with van der Waals surface area (Å²) >= 11 is 0. The summed E-state index contributed by atoms with van der Waals surface area (Å²) < 4.78 is 6.57. The van der Waals surface area contributed by atoms with Crippen molar-refractivity contribution in [1.29, 1.82) is 0 Å². The van der Waals surface area contributed by atoms with E-state index in [2.05, 4.69) is 229 Å². The average molecular weight is 764 g/mol. The van der Waals surface area contributed by atoms with Gasteiger partial charge in [0.25, 0.3) is 0 Å². The van der Waals surface area contributed by atoms with Crippen LogP contribution >= 0.6 is 0 Å². The van der Waals surface area contributed by atoms with Crippen molar-refractivity contribution >= 4 is 82.1 Å². The molecule has 0 atom stereocenters. The zero-order chi connectivity index (χ0) is 39.6. The first-order chi connectivity index (χ1) is 29.7. The Labute approximate surface area is 347 Å². The molecule has 11 aromatic carbocycles. The second kappa shape index (κ2) is 13.9. The minimum atomic E-state index is 0.881. The highest BCUT2D eigenvalue weighted by Gasteiger charge is 2.21. The smallest absolute Gasteiger partial charge is 0.136 e. The Morgan fingerprint density at radius 2 is 0.833 bits per heavy atom. The third-order valence-corrected chi connectivity index (χ3v) is 12.2. The number of para-hydroxylation sites is 1. The number of hydrogen-bond donors (Lipinski definition) is 0. The van der Waals surface area contributed by atoms with Crippen LogP contribution in [-0.2, 0) is 0 Å². The molecule has 12 aromatic rings. The number of anilines is 3. The van der Waals surface area contributed by atoms with Gasteiger partial charge in [-0.3, -0.25) is 0 Å². The number of rotatable bonds is 6. The molecular weight excluding hydrogens is 727 g/mol. The maximum Gasteiger partial charge on any atom is 0.136 e. The lowest BCUT2D eigenvalue weighted by Crippen LogP contribution is -2.11. The van der Waals surface area contributed by atoms with Crippen molar-refractivity contribution < 1.29 is 4.42 Å². The fourth-order valence-electron chi connectivity index (χ4n) is 9.32. The van der Waals surface area contributed by atoms with Gasteiger partial charge in [0.1, 0.15) is 11.2 Å². The molecule has 1 heterocycles. The minimum Gasteiger partial charge on any atom is -0.456 e. The van der Waals surface area contributed by atoms with Crippen molar-refractivity contribution in [3.05, 3.63) is 224 Å². The van der Waals surface area contributed by atoms with Gasteiger partial charge in [0.15, 0.2) is 0 Å². The first-order valence-electron chi connectivity index (χ1n) is 20.6. The molecule has 12 rings (SSSR count). The van der Waals surface area contributed by atoms with E-state index >= 15 is 0 Å². The van der Waals surface area contributed by atoms with Gasteiger partial charge in [-0.1, -0.05) is 170 Å². The van der Waals surface area contributed by atoms with Crippen LogP contribution in [-0.4, -0.2) is 0 Å². The summed E-state index contributed by atoms with van der Waals surface area (Å²) in [5.74, 6) is 0. The molecule has 2 heteroatoms. The number of hydrogen-bond acceptors (Lipinski definition) is 2. The predicted molar refractivity (Wildman–Crippen MR) is 255 cm³/mol. The molecule has 0 saturated heterocycles. The molecule has 1 aromatic heterocycles. The monoisotopic (exact) mass is 763 g/mol. The van der Waals surface area contributed by atoms with Crippen LogP contribution in [0.25, 0.3) is 98.4 Å². The fourth-order valence-corrected chi connectivity index (χ4v) is 9.32. The molecule has 0 aliphatic heterocycles. The standard InChI is InChI=1S/C58H37NO/c1-2-14-43-37-57-54(36-42(43)13-1)58-53(20-10-22-56(58)60-57)52-18-7-8-21-55(52)59(47-32-27-41(28-33-47)50-19-9-15-39-11-3-5-16-48(39)50)46-30-25-38(26-31-46)44-29-34-51-45(35-44)24-23-40-12-4-6-17-49(40)51/h1-37H. The molecule has 0 aliphatic carbocycles. The van der Waals surface area contributed by atoms with Gasteiger partial charge in [0.05, 0.1) is 5.69 Å². The fraction of sp³-hybridized carbons (Fsp3) is 0. The Morgan fingerprint density at radius 3 is 1.63 bits per heavy atom. The topological polar surface area (TPSA) is 16.4 Å². The lowest BCUT2D eigenvalue weighted by molar-refractivity contribution is 0.669. The molecule has 0 spiro atoms. The van der Waals surface area contributed by atoms with Crippen molar-refractivity contribution in [2.24, 2.45) is 0 Å². The van der Waals surface area contributed by atoms with Crippen molar-refractivity contribution in [2.75, 3.05) is 4.90 Å². The van der Waals surface area contributed by atoms with E-state index in [-0.39, 0.29) is 0 Å². The summed E-state index contributed by atoms with van der Waals surface area (Å²) in [5, 5.41) is 12.2. The van der Waals surface area contributed by atoms with Crippen LogP contribution in [0.4, 0.5) is 17.1 Å². The Hall–Kier alpha value is -7.94. The van der Waals surface area contributed by atoms with Crippen LogP contribution in [0.5, 0.6) is 0 Å². The molecule has 0 aliphatic rings. The molecule has 0 radical (unpaired) electrons. The SMILES string of the molecule is c1ccc(N(c2ccc(-c3ccc4c(ccc5ccccc54)c3)cc2)c2ccc(-c3cccc4ccccc34)cc2)c(-c2cccc3oc4cc5ccccc5cc4c23)c1. The van der Waals surface area contributed by atoms with Gasteiger partial charge in [0, 0.05) is 27.7 Å². The quantitative estimate of drug-likeness (QED) is 0.157. The van der Waals surface area contributed by atoms with E-state index in [4.69, 9.17) is 4.42 Å². The highest BCUT2D eigenvalue weighted by molar-refractivity contribution is 6.17. The third-order valence-electron chi connectivity index (χ3n) is 12.2. The van der Waals surface area contributed by atoms with Crippen LogP contribution in [0.1, 0.15) is 0 Å². The number of furan rings is 1. The molecule has 60 heavy (non-hydrogen) atoms. The van der Waals surface area contributed by atoms with Crippen LogP contribution in [0.2, 0.25) is 0 Å². The second-order valence-electron chi connectivity index (χ2n) is 15.7. The Balaban J connectivity index is 1.01. The third kappa shape index (κ3) is 5.65. The van der Waals surface area contributed by atoms with Gasteiger partial charge < -0.3 is 9.32 Å². The molecule has 0 saturated carbocycles. The number of fused-ring (bicyclic) bond motifs is 8. The van der Waals surface area contributed by atoms with Crippen LogP contribution in [0.15, 0.2) is 229 Å². The lowest BCUT2D eigenvalue weighted by atomic mass is 9.95. The van der Waals surface area contributed by atoms with Gasteiger partial charge in [-0.15, -0.1) is 0 Å². The van der Waals surface area contributed by atoms with Crippen LogP contribution in [0.3, 0.4) is 0 Å². The van der Waals surface area contributed by atoms with Gasteiger partial charge in [-0.2, -0.15) is 0 Å². The Kier molecular flexibility index (Phi) is 7.89. The molecule has 0 unspecified atom stereocenters. The van der Waals surface area contributed by atoms with E-state index in [0.717, 1.165) is 50.1 Å². The van der Waals surface area contributed by atoms with Gasteiger partial charge in [0.2, 0.25) is 0 Å². The van der Waals surface area contributed by atoms with Crippen molar-refractivity contribution in [2.45, 2.75) is 0 Å². The first-order valence-corrected chi connectivity index (χ1v) is 20.6. The average Bonchev–Trinajstić information content (AvgIpc) is 3.68. The van der Waals surface area contributed by atoms with E-state index in [1.54, 1.807) is 0 Å². The van der Waals surface area contributed by atoms with Gasteiger partial charge >= 0.3 is 0 Å².